The third-order valence-corrected chi connectivity index (χ3v) is 2.77. The number of unbranched alkanes of at least 4 members (excludes halogenated alkanes) is 1. The Morgan fingerprint density at radius 3 is 2.67 bits per heavy atom. The van der Waals surface area contributed by atoms with Crippen LogP contribution in [-0.2, 0) is 0 Å². The highest BCUT2D eigenvalue weighted by Crippen LogP contribution is 2.28. The highest BCUT2D eigenvalue weighted by molar-refractivity contribution is 5.98. The third kappa shape index (κ3) is 3.37. The van der Waals surface area contributed by atoms with Crippen molar-refractivity contribution in [1.29, 1.82) is 0 Å². The summed E-state index contributed by atoms with van der Waals surface area (Å²) in [5.41, 5.74) is 6.99. The summed E-state index contributed by atoms with van der Waals surface area (Å²) in [5.74, 6) is -1.00. The average molecular weight is 252 g/mol. The van der Waals surface area contributed by atoms with Crippen LogP contribution in [0, 0.1) is 0 Å². The SMILES string of the molecule is CCCCN(CCO)c1c(N)cccc1C(=O)O. The van der Waals surface area contributed by atoms with Crippen LogP contribution in [0.5, 0.6) is 0 Å². The predicted molar refractivity (Wildman–Crippen MR) is 72.0 cm³/mol. The molecule has 0 aromatic heterocycles. The molecule has 4 N–H and O–H groups in total. The van der Waals surface area contributed by atoms with Crippen molar-refractivity contribution >= 4 is 17.3 Å². The van der Waals surface area contributed by atoms with Gasteiger partial charge in [-0.3, -0.25) is 0 Å². The van der Waals surface area contributed by atoms with Gasteiger partial charge in [0, 0.05) is 13.1 Å². The molecule has 0 aliphatic carbocycles. The monoisotopic (exact) mass is 252 g/mol. The normalized spacial score (nSPS) is 10.3. The van der Waals surface area contributed by atoms with Crippen LogP contribution in [0.2, 0.25) is 0 Å². The molecule has 0 atom stereocenters. The number of nitrogen functional groups attached to an aromatic ring is 1. The van der Waals surface area contributed by atoms with Gasteiger partial charge in [-0.1, -0.05) is 19.4 Å². The van der Waals surface area contributed by atoms with Crippen LogP contribution < -0.4 is 10.6 Å². The number of aliphatic hydroxyl groups excluding tert-OH is 1. The second kappa shape index (κ2) is 6.86. The Balaban J connectivity index is 3.12. The lowest BCUT2D eigenvalue weighted by Crippen LogP contribution is -2.30. The summed E-state index contributed by atoms with van der Waals surface area (Å²) in [6.45, 7) is 3.10. The Morgan fingerprint density at radius 2 is 2.11 bits per heavy atom. The minimum absolute atomic E-state index is 0.0306. The van der Waals surface area contributed by atoms with Gasteiger partial charge in [0.2, 0.25) is 0 Å². The van der Waals surface area contributed by atoms with Crippen LogP contribution >= 0.6 is 0 Å². The summed E-state index contributed by atoms with van der Waals surface area (Å²) in [4.78, 5) is 13.0. The fourth-order valence-corrected chi connectivity index (χ4v) is 1.89. The number of anilines is 2. The number of nitrogens with zero attached hydrogens (tertiary/aromatic N) is 1. The van der Waals surface area contributed by atoms with E-state index in [1.807, 2.05) is 4.90 Å². The summed E-state index contributed by atoms with van der Waals surface area (Å²) < 4.78 is 0. The number of rotatable bonds is 7. The van der Waals surface area contributed by atoms with Crippen LogP contribution in [0.4, 0.5) is 11.4 Å². The molecule has 0 aliphatic rings. The summed E-state index contributed by atoms with van der Waals surface area (Å²) in [6, 6.07) is 4.83. The molecule has 0 radical (unpaired) electrons. The van der Waals surface area contributed by atoms with E-state index >= 15 is 0 Å². The van der Waals surface area contributed by atoms with Gasteiger partial charge in [0.1, 0.15) is 0 Å². The zero-order chi connectivity index (χ0) is 13.5. The van der Waals surface area contributed by atoms with Crippen molar-refractivity contribution < 1.29 is 15.0 Å². The zero-order valence-electron chi connectivity index (χ0n) is 10.6. The molecular weight excluding hydrogens is 232 g/mol. The molecule has 1 rings (SSSR count). The molecule has 0 unspecified atom stereocenters. The van der Waals surface area contributed by atoms with Crippen molar-refractivity contribution in [3.8, 4) is 0 Å². The van der Waals surface area contributed by atoms with Gasteiger partial charge in [-0.2, -0.15) is 0 Å². The number of carboxylic acids is 1. The van der Waals surface area contributed by atoms with Crippen LogP contribution in [0.3, 0.4) is 0 Å². The quantitative estimate of drug-likeness (QED) is 0.641. The van der Waals surface area contributed by atoms with Crippen molar-refractivity contribution in [2.24, 2.45) is 0 Å². The molecular formula is C13H20N2O3. The molecule has 5 heteroatoms. The van der Waals surface area contributed by atoms with Crippen LogP contribution in [0.15, 0.2) is 18.2 Å². The summed E-state index contributed by atoms with van der Waals surface area (Å²) in [6.07, 6.45) is 1.92. The van der Waals surface area contributed by atoms with E-state index in [0.29, 0.717) is 24.5 Å². The first-order valence-electron chi connectivity index (χ1n) is 6.09. The van der Waals surface area contributed by atoms with Gasteiger partial charge in [-0.25, -0.2) is 4.79 Å². The number of hydrogen-bond acceptors (Lipinski definition) is 4. The van der Waals surface area contributed by atoms with Crippen molar-refractivity contribution in [3.05, 3.63) is 23.8 Å². The second-order valence-corrected chi connectivity index (χ2v) is 4.11. The molecule has 1 aromatic carbocycles. The van der Waals surface area contributed by atoms with E-state index in [1.54, 1.807) is 12.1 Å². The van der Waals surface area contributed by atoms with Crippen molar-refractivity contribution in [1.82, 2.24) is 0 Å². The van der Waals surface area contributed by atoms with Crippen LogP contribution in [0.25, 0.3) is 0 Å². The van der Waals surface area contributed by atoms with E-state index in [1.165, 1.54) is 6.07 Å². The fraction of sp³-hybridized carbons (Fsp3) is 0.462. The lowest BCUT2D eigenvalue weighted by Gasteiger charge is -2.26. The smallest absolute Gasteiger partial charge is 0.337 e. The highest BCUT2D eigenvalue weighted by atomic mass is 16.4. The first kappa shape index (κ1) is 14.3. The van der Waals surface area contributed by atoms with Gasteiger partial charge in [0.05, 0.1) is 23.5 Å². The molecule has 100 valence electrons. The predicted octanol–water partition coefficient (Wildman–Crippen LogP) is 1.57. The lowest BCUT2D eigenvalue weighted by molar-refractivity contribution is 0.0697. The molecule has 0 amide bonds. The molecule has 1 aromatic rings. The van der Waals surface area contributed by atoms with Crippen molar-refractivity contribution in [2.75, 3.05) is 30.3 Å². The number of aromatic carboxylic acids is 1. The number of benzene rings is 1. The van der Waals surface area contributed by atoms with E-state index in [-0.39, 0.29) is 12.2 Å². The van der Waals surface area contributed by atoms with E-state index < -0.39 is 5.97 Å². The average Bonchev–Trinajstić information content (AvgIpc) is 2.34. The molecule has 0 saturated heterocycles. The van der Waals surface area contributed by atoms with E-state index in [2.05, 4.69) is 6.92 Å². The molecule has 0 bridgehead atoms. The highest BCUT2D eigenvalue weighted by Gasteiger charge is 2.18. The van der Waals surface area contributed by atoms with E-state index in [9.17, 15) is 9.90 Å². The standard InChI is InChI=1S/C13H20N2O3/c1-2-3-7-15(8-9-16)12-10(13(17)18)5-4-6-11(12)14/h4-6,16H,2-3,7-9,14H2,1H3,(H,17,18). The Morgan fingerprint density at radius 1 is 1.39 bits per heavy atom. The van der Waals surface area contributed by atoms with E-state index in [4.69, 9.17) is 10.8 Å². The lowest BCUT2D eigenvalue weighted by atomic mass is 10.1. The number of nitrogens with two attached hydrogens (primary N) is 1. The number of carboxylic acid groups (broad SMARTS) is 1. The van der Waals surface area contributed by atoms with Crippen molar-refractivity contribution in [3.63, 3.8) is 0 Å². The Hall–Kier alpha value is -1.75. The fourth-order valence-electron chi connectivity index (χ4n) is 1.89. The maximum absolute atomic E-state index is 11.2. The van der Waals surface area contributed by atoms with Gasteiger partial charge < -0.3 is 20.8 Å². The van der Waals surface area contributed by atoms with Gasteiger partial charge in [0.25, 0.3) is 0 Å². The van der Waals surface area contributed by atoms with E-state index in [0.717, 1.165) is 12.8 Å². The van der Waals surface area contributed by atoms with Gasteiger partial charge >= 0.3 is 5.97 Å². The summed E-state index contributed by atoms with van der Waals surface area (Å²) in [7, 11) is 0. The van der Waals surface area contributed by atoms with Gasteiger partial charge in [-0.15, -0.1) is 0 Å². The molecule has 0 fully saturated rings. The van der Waals surface area contributed by atoms with Gasteiger partial charge in [0.15, 0.2) is 0 Å². The molecule has 5 nitrogen and oxygen atoms in total. The molecule has 0 aliphatic heterocycles. The summed E-state index contributed by atoms with van der Waals surface area (Å²) >= 11 is 0. The minimum atomic E-state index is -1.00. The molecule has 0 heterocycles. The molecule has 0 spiro atoms. The Kier molecular flexibility index (Phi) is 5.45. The number of aliphatic hydroxyl groups is 1. The second-order valence-electron chi connectivity index (χ2n) is 4.11. The number of para-hydroxylation sites is 1. The zero-order valence-corrected chi connectivity index (χ0v) is 10.6. The first-order valence-corrected chi connectivity index (χ1v) is 6.09. The molecule has 0 saturated carbocycles. The largest absolute Gasteiger partial charge is 0.478 e. The maximum Gasteiger partial charge on any atom is 0.337 e. The van der Waals surface area contributed by atoms with Crippen LogP contribution in [-0.4, -0.2) is 35.9 Å². The topological polar surface area (TPSA) is 86.8 Å². The minimum Gasteiger partial charge on any atom is -0.478 e. The van der Waals surface area contributed by atoms with Crippen molar-refractivity contribution in [2.45, 2.75) is 19.8 Å². The summed E-state index contributed by atoms with van der Waals surface area (Å²) in [5, 5.41) is 18.3. The Bertz CT molecular complexity index is 407. The Labute approximate surface area is 107 Å². The van der Waals surface area contributed by atoms with Crippen LogP contribution in [0.1, 0.15) is 30.1 Å². The first-order chi connectivity index (χ1) is 8.61. The third-order valence-electron chi connectivity index (χ3n) is 2.77. The number of carbonyl (C=O) groups is 1. The van der Waals surface area contributed by atoms with Gasteiger partial charge in [-0.05, 0) is 18.6 Å². The number of hydrogen-bond donors (Lipinski definition) is 3. The maximum atomic E-state index is 11.2. The molecule has 18 heavy (non-hydrogen) atoms.